The van der Waals surface area contributed by atoms with Crippen molar-refractivity contribution in [1.82, 2.24) is 4.57 Å². The lowest BCUT2D eigenvalue weighted by Crippen LogP contribution is -2.40. The predicted molar refractivity (Wildman–Crippen MR) is 165 cm³/mol. The Balaban J connectivity index is 1.59. The summed E-state index contributed by atoms with van der Waals surface area (Å²) in [7, 11) is 0. The summed E-state index contributed by atoms with van der Waals surface area (Å²) < 4.78 is 13.8. The van der Waals surface area contributed by atoms with Crippen LogP contribution in [-0.2, 0) is 16.1 Å². The molecule has 6 nitrogen and oxygen atoms in total. The lowest BCUT2D eigenvalue weighted by atomic mass is 9.96. The maximum Gasteiger partial charge on any atom is 0.338 e. The maximum absolute atomic E-state index is 14.0. The van der Waals surface area contributed by atoms with E-state index in [2.05, 4.69) is 4.99 Å². The number of halogens is 1. The van der Waals surface area contributed by atoms with Crippen molar-refractivity contribution in [3.05, 3.63) is 125 Å². The zero-order valence-electron chi connectivity index (χ0n) is 23.1. The van der Waals surface area contributed by atoms with Crippen LogP contribution in [0.25, 0.3) is 6.08 Å². The molecule has 0 saturated carbocycles. The lowest BCUT2D eigenvalue weighted by molar-refractivity contribution is -0.143. The molecule has 0 spiro atoms. The van der Waals surface area contributed by atoms with Gasteiger partial charge in [-0.25, -0.2) is 9.79 Å². The molecule has 9 heteroatoms. The van der Waals surface area contributed by atoms with Gasteiger partial charge in [0.15, 0.2) is 4.80 Å². The van der Waals surface area contributed by atoms with Crippen LogP contribution in [0.5, 0.6) is 5.75 Å². The van der Waals surface area contributed by atoms with Gasteiger partial charge in [-0.1, -0.05) is 65.4 Å². The minimum absolute atomic E-state index is 0.236. The van der Waals surface area contributed by atoms with Crippen LogP contribution in [0.15, 0.2) is 98.7 Å². The third kappa shape index (κ3) is 6.35. The normalized spacial score (nSPS) is 15.1. The van der Waals surface area contributed by atoms with E-state index >= 15 is 0 Å². The van der Waals surface area contributed by atoms with Crippen molar-refractivity contribution >= 4 is 46.7 Å². The third-order valence-electron chi connectivity index (χ3n) is 6.50. The summed E-state index contributed by atoms with van der Waals surface area (Å²) in [5, 5.41) is 0.644. The number of aromatic nitrogens is 1. The quantitative estimate of drug-likeness (QED) is 0.178. The van der Waals surface area contributed by atoms with Crippen molar-refractivity contribution in [1.29, 1.82) is 0 Å². The molecule has 0 amide bonds. The highest BCUT2D eigenvalue weighted by molar-refractivity contribution is 7.98. The fourth-order valence-corrected chi connectivity index (χ4v) is 6.28. The summed E-state index contributed by atoms with van der Waals surface area (Å²) in [6, 6.07) is 22.3. The number of carbonyl (C=O) groups excluding carboxylic acids is 1. The second-order valence-corrected chi connectivity index (χ2v) is 12.1. The molecular weight excluding hydrogens is 576 g/mol. The van der Waals surface area contributed by atoms with Gasteiger partial charge in [-0.3, -0.25) is 9.36 Å². The predicted octanol–water partition coefficient (Wildman–Crippen LogP) is 6.14. The van der Waals surface area contributed by atoms with Crippen molar-refractivity contribution in [3.8, 4) is 5.75 Å². The number of nitrogens with zero attached hydrogens (tertiary/aromatic N) is 2. The van der Waals surface area contributed by atoms with E-state index in [4.69, 9.17) is 21.1 Å². The van der Waals surface area contributed by atoms with E-state index in [1.54, 1.807) is 37.1 Å². The van der Waals surface area contributed by atoms with Gasteiger partial charge in [-0.05, 0) is 74.6 Å². The number of fused-ring (bicyclic) bond motifs is 1. The lowest BCUT2D eigenvalue weighted by Gasteiger charge is -2.25. The monoisotopic (exact) mass is 604 g/mol. The molecule has 1 atom stereocenters. The molecule has 0 bridgehead atoms. The Labute approximate surface area is 251 Å². The first kappa shape index (κ1) is 28.9. The summed E-state index contributed by atoms with van der Waals surface area (Å²) in [4.78, 5) is 33.6. The molecule has 210 valence electrons. The first-order valence-electron chi connectivity index (χ1n) is 13.1. The van der Waals surface area contributed by atoms with E-state index in [1.807, 2.05) is 85.1 Å². The molecule has 4 aromatic rings. The molecular formula is C32H29ClN2O4S2. The molecule has 1 aliphatic heterocycles. The van der Waals surface area contributed by atoms with Crippen molar-refractivity contribution in [2.24, 2.45) is 4.99 Å². The van der Waals surface area contributed by atoms with Crippen molar-refractivity contribution in [2.45, 2.75) is 44.4 Å². The van der Waals surface area contributed by atoms with Crippen LogP contribution in [0.3, 0.4) is 0 Å². The second-order valence-electron chi connectivity index (χ2n) is 9.77. The molecule has 1 aliphatic rings. The first-order valence-corrected chi connectivity index (χ1v) is 15.5. The van der Waals surface area contributed by atoms with Gasteiger partial charge in [0, 0.05) is 15.5 Å². The molecule has 0 saturated heterocycles. The highest BCUT2D eigenvalue weighted by atomic mass is 35.5. The van der Waals surface area contributed by atoms with Gasteiger partial charge in [0.1, 0.15) is 12.4 Å². The average Bonchev–Trinajstić information content (AvgIpc) is 3.25. The maximum atomic E-state index is 14.0. The van der Waals surface area contributed by atoms with Gasteiger partial charge in [-0.2, -0.15) is 0 Å². The largest absolute Gasteiger partial charge is 0.488 e. The number of esters is 1. The molecule has 0 unspecified atom stereocenters. The van der Waals surface area contributed by atoms with Crippen LogP contribution in [0.4, 0.5) is 0 Å². The zero-order chi connectivity index (χ0) is 29.1. The van der Waals surface area contributed by atoms with Crippen LogP contribution in [-0.4, -0.2) is 22.9 Å². The van der Waals surface area contributed by atoms with Gasteiger partial charge in [0.05, 0.1) is 27.9 Å². The Kier molecular flexibility index (Phi) is 8.82. The average molecular weight is 605 g/mol. The number of rotatable bonds is 8. The third-order valence-corrected chi connectivity index (χ3v) is 8.47. The van der Waals surface area contributed by atoms with Gasteiger partial charge in [0.2, 0.25) is 0 Å². The first-order chi connectivity index (χ1) is 19.7. The molecule has 41 heavy (non-hydrogen) atoms. The number of hydrogen-bond donors (Lipinski definition) is 0. The van der Waals surface area contributed by atoms with E-state index in [1.165, 1.54) is 11.3 Å². The Bertz CT molecular complexity index is 1810. The van der Waals surface area contributed by atoms with Crippen LogP contribution in [0.1, 0.15) is 43.5 Å². The van der Waals surface area contributed by atoms with Gasteiger partial charge in [0.25, 0.3) is 5.56 Å². The molecule has 1 aromatic heterocycles. The molecule has 5 rings (SSSR count). The molecule has 0 fully saturated rings. The van der Waals surface area contributed by atoms with Crippen molar-refractivity contribution in [2.75, 3.05) is 6.26 Å². The minimum atomic E-state index is -0.662. The van der Waals surface area contributed by atoms with Crippen LogP contribution >= 0.6 is 34.7 Å². The zero-order valence-corrected chi connectivity index (χ0v) is 25.5. The van der Waals surface area contributed by atoms with E-state index in [-0.39, 0.29) is 11.7 Å². The Morgan fingerprint density at radius 2 is 1.88 bits per heavy atom. The number of allylic oxidation sites excluding steroid dienone is 1. The van der Waals surface area contributed by atoms with Crippen LogP contribution < -0.4 is 19.6 Å². The number of ether oxygens (including phenoxy) is 2. The molecule has 0 N–H and O–H groups in total. The van der Waals surface area contributed by atoms with E-state index < -0.39 is 12.0 Å². The summed E-state index contributed by atoms with van der Waals surface area (Å²) in [5.74, 6) is 0.161. The Morgan fingerprint density at radius 3 is 2.59 bits per heavy atom. The fraction of sp³-hybridized carbons (Fsp3) is 0.219. The van der Waals surface area contributed by atoms with Crippen molar-refractivity contribution < 1.29 is 14.3 Å². The van der Waals surface area contributed by atoms with Gasteiger partial charge >= 0.3 is 5.97 Å². The van der Waals surface area contributed by atoms with Crippen LogP contribution in [0.2, 0.25) is 5.02 Å². The molecule has 2 heterocycles. The number of thiazole rings is 1. The SMILES string of the molecule is CSc1ccc([C@@H]2C(C(=O)OC(C)C)=C(C)N=c3s/c(=C\c4ccccc4OCc4cccc(Cl)c4)c(=O)n32)cc1. The summed E-state index contributed by atoms with van der Waals surface area (Å²) in [6.45, 7) is 5.73. The summed E-state index contributed by atoms with van der Waals surface area (Å²) in [5.41, 5.74) is 3.17. The highest BCUT2D eigenvalue weighted by Crippen LogP contribution is 2.32. The molecule has 0 aliphatic carbocycles. The minimum Gasteiger partial charge on any atom is -0.488 e. The highest BCUT2D eigenvalue weighted by Gasteiger charge is 2.33. The van der Waals surface area contributed by atoms with E-state index in [9.17, 15) is 9.59 Å². The van der Waals surface area contributed by atoms with E-state index in [0.717, 1.165) is 21.6 Å². The number of hydrogen-bond acceptors (Lipinski definition) is 7. The van der Waals surface area contributed by atoms with Gasteiger partial charge < -0.3 is 9.47 Å². The molecule has 0 radical (unpaired) electrons. The number of benzene rings is 3. The topological polar surface area (TPSA) is 69.9 Å². The van der Waals surface area contributed by atoms with Crippen molar-refractivity contribution in [3.63, 3.8) is 0 Å². The Hall–Kier alpha value is -3.59. The van der Waals surface area contributed by atoms with Gasteiger partial charge in [-0.15, -0.1) is 11.8 Å². The second kappa shape index (κ2) is 12.5. The van der Waals surface area contributed by atoms with E-state index in [0.29, 0.717) is 38.0 Å². The smallest absolute Gasteiger partial charge is 0.338 e. The summed E-state index contributed by atoms with van der Waals surface area (Å²) >= 11 is 9.04. The number of carbonyl (C=O) groups is 1. The number of thioether (sulfide) groups is 1. The molecule has 3 aromatic carbocycles. The Morgan fingerprint density at radius 1 is 1.12 bits per heavy atom. The fourth-order valence-electron chi connectivity index (χ4n) is 4.62. The standard InChI is InChI=1S/C32H29ClN2O4S2/c1-19(2)39-31(37)28-20(3)34-32-35(29(28)22-12-14-25(40-4)15-13-22)30(36)27(41-32)17-23-9-5-6-11-26(23)38-18-21-8-7-10-24(33)16-21/h5-17,19,29H,18H2,1-4H3/b27-17-/t29-/m1/s1. The van der Waals surface area contributed by atoms with Crippen LogP contribution in [0, 0.1) is 0 Å². The summed E-state index contributed by atoms with van der Waals surface area (Å²) in [6.07, 6.45) is 3.51. The number of para-hydroxylation sites is 1.